The van der Waals surface area contributed by atoms with E-state index >= 15 is 0 Å². The maximum atomic E-state index is 13.5. The summed E-state index contributed by atoms with van der Waals surface area (Å²) in [6, 6.07) is 12.3. The molecule has 0 saturated heterocycles. The van der Waals surface area contributed by atoms with Crippen molar-refractivity contribution in [2.45, 2.75) is 45.8 Å². The molecule has 0 heterocycles. The molecule has 0 spiro atoms. The third kappa shape index (κ3) is 7.62. The smallest absolute Gasteiger partial charge is 0.244 e. The quantitative estimate of drug-likeness (QED) is 0.518. The molecule has 10 heteroatoms. The van der Waals surface area contributed by atoms with Gasteiger partial charge < -0.3 is 10.2 Å². The van der Waals surface area contributed by atoms with Crippen molar-refractivity contribution in [2.24, 2.45) is 0 Å². The van der Waals surface area contributed by atoms with Crippen LogP contribution in [0.3, 0.4) is 0 Å². The van der Waals surface area contributed by atoms with E-state index in [9.17, 15) is 18.0 Å². The second-order valence-corrected chi connectivity index (χ2v) is 10.7. The molecule has 2 amide bonds. The van der Waals surface area contributed by atoms with Gasteiger partial charge in [-0.05, 0) is 50.1 Å². The molecule has 0 bridgehead atoms. The summed E-state index contributed by atoms with van der Waals surface area (Å²) in [7, 11) is -3.76. The molecule has 0 aliphatic heterocycles. The molecule has 0 radical (unpaired) electrons. The number of benzene rings is 2. The van der Waals surface area contributed by atoms with E-state index in [1.807, 2.05) is 13.8 Å². The Morgan fingerprint density at radius 3 is 2.21 bits per heavy atom. The highest BCUT2D eigenvalue weighted by Gasteiger charge is 2.32. The van der Waals surface area contributed by atoms with Crippen LogP contribution in [0.25, 0.3) is 0 Å². The predicted molar refractivity (Wildman–Crippen MR) is 133 cm³/mol. The van der Waals surface area contributed by atoms with Gasteiger partial charge in [0.1, 0.15) is 12.6 Å². The highest BCUT2D eigenvalue weighted by Crippen LogP contribution is 2.25. The van der Waals surface area contributed by atoms with E-state index in [-0.39, 0.29) is 18.5 Å². The van der Waals surface area contributed by atoms with Gasteiger partial charge in [-0.3, -0.25) is 13.9 Å². The lowest BCUT2D eigenvalue weighted by molar-refractivity contribution is -0.140. The molecule has 0 saturated carbocycles. The summed E-state index contributed by atoms with van der Waals surface area (Å²) in [5.74, 6) is -0.849. The van der Waals surface area contributed by atoms with E-state index in [0.29, 0.717) is 27.7 Å². The van der Waals surface area contributed by atoms with Gasteiger partial charge in [-0.15, -0.1) is 0 Å². The van der Waals surface area contributed by atoms with Crippen LogP contribution in [0.4, 0.5) is 5.69 Å². The number of nitrogens with zero attached hydrogens (tertiary/aromatic N) is 2. The van der Waals surface area contributed by atoms with Crippen LogP contribution in [0.5, 0.6) is 0 Å². The largest absolute Gasteiger partial charge is 0.352 e. The van der Waals surface area contributed by atoms with Crippen LogP contribution in [0.2, 0.25) is 10.0 Å². The summed E-state index contributed by atoms with van der Waals surface area (Å²) < 4.78 is 26.0. The van der Waals surface area contributed by atoms with E-state index in [0.717, 1.165) is 10.6 Å². The van der Waals surface area contributed by atoms with Crippen molar-refractivity contribution in [3.05, 3.63) is 64.1 Å². The number of hydrogen-bond acceptors (Lipinski definition) is 4. The van der Waals surface area contributed by atoms with Crippen molar-refractivity contribution < 1.29 is 18.0 Å². The second kappa shape index (κ2) is 11.7. The first kappa shape index (κ1) is 27.0. The van der Waals surface area contributed by atoms with Gasteiger partial charge >= 0.3 is 0 Å². The predicted octanol–water partition coefficient (Wildman–Crippen LogP) is 4.09. The Morgan fingerprint density at radius 1 is 1.06 bits per heavy atom. The zero-order chi connectivity index (χ0) is 24.8. The third-order valence-electron chi connectivity index (χ3n) is 4.90. The lowest BCUT2D eigenvalue weighted by Crippen LogP contribution is -2.53. The zero-order valence-corrected chi connectivity index (χ0v) is 21.4. The van der Waals surface area contributed by atoms with Crippen molar-refractivity contribution in [2.75, 3.05) is 17.1 Å². The van der Waals surface area contributed by atoms with E-state index in [1.54, 1.807) is 55.5 Å². The molecule has 7 nitrogen and oxygen atoms in total. The Morgan fingerprint density at radius 2 is 1.70 bits per heavy atom. The number of rotatable bonds is 10. The highest BCUT2D eigenvalue weighted by molar-refractivity contribution is 7.92. The number of anilines is 1. The van der Waals surface area contributed by atoms with E-state index in [4.69, 9.17) is 23.2 Å². The standard InChI is InChI=1S/C23H29Cl2N3O4S/c1-5-21(23(30)26-16(2)3)27(14-17-11-12-18(24)13-20(17)25)22(29)15-28(33(4,31)32)19-9-7-6-8-10-19/h6-13,16,21H,5,14-15H2,1-4H3,(H,26,30). The monoisotopic (exact) mass is 513 g/mol. The number of nitrogens with one attached hydrogen (secondary N) is 1. The average molecular weight is 514 g/mol. The number of carbonyl (C=O) groups excluding carboxylic acids is 2. The van der Waals surface area contributed by atoms with Crippen molar-refractivity contribution in [3.8, 4) is 0 Å². The molecule has 2 rings (SSSR count). The zero-order valence-electron chi connectivity index (χ0n) is 19.1. The molecule has 2 aromatic carbocycles. The Bertz CT molecular complexity index is 1080. The normalized spacial score (nSPS) is 12.3. The first-order valence-electron chi connectivity index (χ1n) is 10.5. The Kier molecular flexibility index (Phi) is 9.57. The van der Waals surface area contributed by atoms with Gasteiger partial charge in [-0.25, -0.2) is 8.42 Å². The molecule has 33 heavy (non-hydrogen) atoms. The molecule has 1 atom stereocenters. The van der Waals surface area contributed by atoms with E-state index in [1.165, 1.54) is 4.90 Å². The topological polar surface area (TPSA) is 86.8 Å². The van der Waals surface area contributed by atoms with E-state index < -0.39 is 28.5 Å². The molecule has 1 unspecified atom stereocenters. The minimum Gasteiger partial charge on any atom is -0.352 e. The van der Waals surface area contributed by atoms with Crippen molar-refractivity contribution in [1.82, 2.24) is 10.2 Å². The van der Waals surface area contributed by atoms with Gasteiger partial charge in [-0.1, -0.05) is 54.4 Å². The average Bonchev–Trinajstić information content (AvgIpc) is 2.72. The lowest BCUT2D eigenvalue weighted by Gasteiger charge is -2.33. The number of hydrogen-bond donors (Lipinski definition) is 1. The molecule has 2 aromatic rings. The van der Waals surface area contributed by atoms with Crippen LogP contribution >= 0.6 is 23.2 Å². The van der Waals surface area contributed by atoms with Crippen LogP contribution in [0, 0.1) is 0 Å². The number of carbonyl (C=O) groups is 2. The van der Waals surface area contributed by atoms with Crippen LogP contribution < -0.4 is 9.62 Å². The van der Waals surface area contributed by atoms with Crippen molar-refractivity contribution in [1.29, 1.82) is 0 Å². The van der Waals surface area contributed by atoms with Gasteiger partial charge in [-0.2, -0.15) is 0 Å². The molecule has 0 aromatic heterocycles. The summed E-state index contributed by atoms with van der Waals surface area (Å²) in [5.41, 5.74) is 0.952. The first-order valence-corrected chi connectivity index (χ1v) is 13.1. The Labute approximate surface area is 205 Å². The summed E-state index contributed by atoms with van der Waals surface area (Å²) in [6.07, 6.45) is 1.37. The summed E-state index contributed by atoms with van der Waals surface area (Å²) >= 11 is 12.3. The molecular formula is C23H29Cl2N3O4S. The second-order valence-electron chi connectivity index (χ2n) is 7.95. The van der Waals surface area contributed by atoms with Crippen LogP contribution in [-0.2, 0) is 26.2 Å². The van der Waals surface area contributed by atoms with Gasteiger partial charge in [0.15, 0.2) is 0 Å². The number of amides is 2. The van der Waals surface area contributed by atoms with Gasteiger partial charge in [0.05, 0.1) is 11.9 Å². The minimum absolute atomic E-state index is 0.0191. The molecular weight excluding hydrogens is 485 g/mol. The maximum absolute atomic E-state index is 13.5. The van der Waals surface area contributed by atoms with Crippen molar-refractivity contribution >= 4 is 50.7 Å². The first-order chi connectivity index (χ1) is 15.4. The molecule has 0 aliphatic carbocycles. The molecule has 0 fully saturated rings. The van der Waals surface area contributed by atoms with Gasteiger partial charge in [0.2, 0.25) is 21.8 Å². The number of para-hydroxylation sites is 1. The van der Waals surface area contributed by atoms with Gasteiger partial charge in [0.25, 0.3) is 0 Å². The third-order valence-corrected chi connectivity index (χ3v) is 6.62. The van der Waals surface area contributed by atoms with Crippen LogP contribution in [0.1, 0.15) is 32.8 Å². The maximum Gasteiger partial charge on any atom is 0.244 e. The molecule has 1 N–H and O–H groups in total. The SMILES string of the molecule is CCC(C(=O)NC(C)C)N(Cc1ccc(Cl)cc1Cl)C(=O)CN(c1ccccc1)S(C)(=O)=O. The minimum atomic E-state index is -3.76. The van der Waals surface area contributed by atoms with Crippen LogP contribution in [0.15, 0.2) is 48.5 Å². The fraction of sp³-hybridized carbons (Fsp3) is 0.391. The fourth-order valence-corrected chi connectivity index (χ4v) is 4.66. The Hall–Kier alpha value is -2.29. The Balaban J connectivity index is 2.45. The van der Waals surface area contributed by atoms with Crippen LogP contribution in [-0.4, -0.2) is 50.0 Å². The van der Waals surface area contributed by atoms with E-state index in [2.05, 4.69) is 5.32 Å². The lowest BCUT2D eigenvalue weighted by atomic mass is 10.1. The highest BCUT2D eigenvalue weighted by atomic mass is 35.5. The number of halogens is 2. The number of sulfonamides is 1. The summed E-state index contributed by atoms with van der Waals surface area (Å²) in [6.45, 7) is 5.01. The fourth-order valence-electron chi connectivity index (χ4n) is 3.34. The van der Waals surface area contributed by atoms with Gasteiger partial charge in [0, 0.05) is 22.6 Å². The summed E-state index contributed by atoms with van der Waals surface area (Å²) in [4.78, 5) is 27.8. The van der Waals surface area contributed by atoms with Crippen molar-refractivity contribution in [3.63, 3.8) is 0 Å². The molecule has 0 aliphatic rings. The molecule has 180 valence electrons. The summed E-state index contributed by atoms with van der Waals surface area (Å²) in [5, 5.41) is 3.63.